The molecular formula is C16H14N2O5S. The number of sulfonamides is 1. The van der Waals surface area contributed by atoms with Crippen LogP contribution >= 0.6 is 0 Å². The molecule has 2 rings (SSSR count). The van der Waals surface area contributed by atoms with Crippen LogP contribution < -0.4 is 5.14 Å². The number of non-ortho nitro benzene ring substituents is 1. The Kier molecular flexibility index (Phi) is 4.91. The fourth-order valence-electron chi connectivity index (χ4n) is 2.01. The summed E-state index contributed by atoms with van der Waals surface area (Å²) in [5, 5.41) is 15.7. The third kappa shape index (κ3) is 4.12. The number of carbonyl (C=O) groups excluding carboxylic acids is 1. The molecule has 0 fully saturated rings. The summed E-state index contributed by atoms with van der Waals surface area (Å²) < 4.78 is 22.8. The van der Waals surface area contributed by atoms with Gasteiger partial charge in [0.2, 0.25) is 10.0 Å². The van der Waals surface area contributed by atoms with Gasteiger partial charge in [-0.3, -0.25) is 14.9 Å². The highest BCUT2D eigenvalue weighted by atomic mass is 32.2. The third-order valence-corrected chi connectivity index (χ3v) is 4.25. The average Bonchev–Trinajstić information content (AvgIpc) is 2.52. The molecule has 0 radical (unpaired) electrons. The van der Waals surface area contributed by atoms with Gasteiger partial charge in [0, 0.05) is 17.7 Å². The monoisotopic (exact) mass is 346 g/mol. The number of primary sulfonamides is 1. The van der Waals surface area contributed by atoms with Gasteiger partial charge in [-0.15, -0.1) is 0 Å². The normalized spacial score (nSPS) is 11.6. The number of carbonyl (C=O) groups is 1. The summed E-state index contributed by atoms with van der Waals surface area (Å²) >= 11 is 0. The first-order valence-electron chi connectivity index (χ1n) is 6.79. The average molecular weight is 346 g/mol. The molecule has 0 saturated carbocycles. The molecule has 0 aliphatic rings. The molecule has 2 aromatic rings. The van der Waals surface area contributed by atoms with Crippen LogP contribution in [-0.2, 0) is 10.0 Å². The third-order valence-electron chi connectivity index (χ3n) is 3.33. The zero-order chi connectivity index (χ0) is 17.9. The van der Waals surface area contributed by atoms with Gasteiger partial charge in [0.1, 0.15) is 0 Å². The SMILES string of the molecule is Cc1ccc(S(N)(=O)=O)cc1C(=O)/C=C/c1ccc([N+](=O)[O-])cc1. The maximum absolute atomic E-state index is 12.3. The zero-order valence-corrected chi connectivity index (χ0v) is 13.5. The topological polar surface area (TPSA) is 120 Å². The van der Waals surface area contributed by atoms with Crippen LogP contribution in [0.5, 0.6) is 0 Å². The predicted octanol–water partition coefficient (Wildman–Crippen LogP) is 2.45. The van der Waals surface area contributed by atoms with Crippen LogP contribution in [0.3, 0.4) is 0 Å². The van der Waals surface area contributed by atoms with E-state index in [0.717, 1.165) is 0 Å². The Morgan fingerprint density at radius 3 is 2.33 bits per heavy atom. The lowest BCUT2D eigenvalue weighted by Crippen LogP contribution is -2.13. The fourth-order valence-corrected chi connectivity index (χ4v) is 2.55. The van der Waals surface area contributed by atoms with Crippen molar-refractivity contribution in [1.29, 1.82) is 0 Å². The molecule has 24 heavy (non-hydrogen) atoms. The highest BCUT2D eigenvalue weighted by molar-refractivity contribution is 7.89. The number of nitrogens with two attached hydrogens (primary N) is 1. The predicted molar refractivity (Wildman–Crippen MR) is 89.0 cm³/mol. The van der Waals surface area contributed by atoms with Crippen LogP contribution in [0, 0.1) is 17.0 Å². The molecule has 0 aliphatic carbocycles. The van der Waals surface area contributed by atoms with Crippen LogP contribution in [0.15, 0.2) is 53.4 Å². The number of nitro groups is 1. The van der Waals surface area contributed by atoms with Gasteiger partial charge in [-0.2, -0.15) is 0 Å². The first-order valence-corrected chi connectivity index (χ1v) is 8.33. The van der Waals surface area contributed by atoms with E-state index >= 15 is 0 Å². The van der Waals surface area contributed by atoms with Crippen molar-refractivity contribution in [3.8, 4) is 0 Å². The van der Waals surface area contributed by atoms with E-state index in [1.54, 1.807) is 6.92 Å². The van der Waals surface area contributed by atoms with Gasteiger partial charge < -0.3 is 0 Å². The number of nitrogens with zero attached hydrogens (tertiary/aromatic N) is 1. The summed E-state index contributed by atoms with van der Waals surface area (Å²) in [4.78, 5) is 22.2. The standard InChI is InChI=1S/C16H14N2O5S/c1-11-2-8-14(24(17,22)23)10-15(11)16(19)9-5-12-3-6-13(7-4-12)18(20)21/h2-10H,1H3,(H2,17,22,23)/b9-5+. The van der Waals surface area contributed by atoms with Gasteiger partial charge in [0.15, 0.2) is 5.78 Å². The van der Waals surface area contributed by atoms with Gasteiger partial charge in [-0.25, -0.2) is 13.6 Å². The Balaban J connectivity index is 2.27. The fraction of sp³-hybridized carbons (Fsp3) is 0.0625. The molecule has 0 bridgehead atoms. The van der Waals surface area contributed by atoms with Gasteiger partial charge >= 0.3 is 0 Å². The second-order valence-corrected chi connectivity index (χ2v) is 6.63. The van der Waals surface area contributed by atoms with Gasteiger partial charge in [-0.05, 0) is 48.4 Å². The van der Waals surface area contributed by atoms with Crippen molar-refractivity contribution in [2.45, 2.75) is 11.8 Å². The number of hydrogen-bond acceptors (Lipinski definition) is 5. The molecule has 2 aromatic carbocycles. The maximum Gasteiger partial charge on any atom is 0.269 e. The molecular weight excluding hydrogens is 332 g/mol. The summed E-state index contributed by atoms with van der Waals surface area (Å²) in [7, 11) is -3.90. The Hall–Kier alpha value is -2.84. The van der Waals surface area contributed by atoms with Crippen molar-refractivity contribution in [1.82, 2.24) is 0 Å². The first-order chi connectivity index (χ1) is 11.2. The molecule has 0 unspecified atom stereocenters. The minimum absolute atomic E-state index is 0.0461. The molecule has 124 valence electrons. The van der Waals surface area contributed by atoms with Crippen LogP contribution in [0.4, 0.5) is 5.69 Å². The van der Waals surface area contributed by atoms with Crippen molar-refractivity contribution in [3.05, 3.63) is 75.3 Å². The molecule has 0 spiro atoms. The summed E-state index contributed by atoms with van der Waals surface area (Å²) in [5.41, 5.74) is 1.39. The van der Waals surface area contributed by atoms with E-state index in [1.807, 2.05) is 0 Å². The highest BCUT2D eigenvalue weighted by Gasteiger charge is 2.13. The maximum atomic E-state index is 12.3. The number of rotatable bonds is 5. The number of nitro benzene ring substituents is 1. The summed E-state index contributed by atoms with van der Waals surface area (Å²) in [5.74, 6) is -0.392. The minimum Gasteiger partial charge on any atom is -0.289 e. The lowest BCUT2D eigenvalue weighted by molar-refractivity contribution is -0.384. The molecule has 0 amide bonds. The Morgan fingerprint density at radius 1 is 1.17 bits per heavy atom. The smallest absolute Gasteiger partial charge is 0.269 e. The van der Waals surface area contributed by atoms with E-state index in [-0.39, 0.29) is 16.1 Å². The van der Waals surface area contributed by atoms with Crippen LogP contribution in [0.2, 0.25) is 0 Å². The second-order valence-electron chi connectivity index (χ2n) is 5.07. The number of benzene rings is 2. The number of ketones is 1. The van der Waals surface area contributed by atoms with E-state index in [2.05, 4.69) is 0 Å². The summed E-state index contributed by atoms with van der Waals surface area (Å²) in [6.07, 6.45) is 2.77. The van der Waals surface area contributed by atoms with Crippen LogP contribution in [0.25, 0.3) is 6.08 Å². The van der Waals surface area contributed by atoms with E-state index in [4.69, 9.17) is 5.14 Å². The van der Waals surface area contributed by atoms with Gasteiger partial charge in [0.25, 0.3) is 5.69 Å². The molecule has 0 heterocycles. The molecule has 2 N–H and O–H groups in total. The number of allylic oxidation sites excluding steroid dienone is 1. The number of aryl methyl sites for hydroxylation is 1. The lowest BCUT2D eigenvalue weighted by Gasteiger charge is -2.05. The molecule has 0 saturated heterocycles. The quantitative estimate of drug-likeness (QED) is 0.386. The molecule has 0 atom stereocenters. The van der Waals surface area contributed by atoms with E-state index in [0.29, 0.717) is 11.1 Å². The molecule has 0 aliphatic heterocycles. The minimum atomic E-state index is -3.90. The van der Waals surface area contributed by atoms with Crippen molar-refractivity contribution in [2.75, 3.05) is 0 Å². The zero-order valence-electron chi connectivity index (χ0n) is 12.7. The number of hydrogen-bond donors (Lipinski definition) is 1. The Bertz CT molecular complexity index is 931. The second kappa shape index (κ2) is 6.73. The summed E-state index contributed by atoms with van der Waals surface area (Å²) in [6, 6.07) is 9.75. The highest BCUT2D eigenvalue weighted by Crippen LogP contribution is 2.17. The van der Waals surface area contributed by atoms with Crippen molar-refractivity contribution < 1.29 is 18.1 Å². The van der Waals surface area contributed by atoms with Gasteiger partial charge in [-0.1, -0.05) is 12.1 Å². The Morgan fingerprint density at radius 2 is 1.79 bits per heavy atom. The van der Waals surface area contributed by atoms with Gasteiger partial charge in [0.05, 0.1) is 9.82 Å². The van der Waals surface area contributed by atoms with Crippen molar-refractivity contribution in [3.63, 3.8) is 0 Å². The summed E-state index contributed by atoms with van der Waals surface area (Å²) in [6.45, 7) is 1.68. The first kappa shape index (κ1) is 17.5. The van der Waals surface area contributed by atoms with Crippen molar-refractivity contribution in [2.24, 2.45) is 5.14 Å². The molecule has 0 aromatic heterocycles. The van der Waals surface area contributed by atoms with E-state index in [1.165, 1.54) is 54.6 Å². The molecule has 8 heteroatoms. The van der Waals surface area contributed by atoms with Crippen LogP contribution in [0.1, 0.15) is 21.5 Å². The van der Waals surface area contributed by atoms with Crippen LogP contribution in [-0.4, -0.2) is 19.1 Å². The van der Waals surface area contributed by atoms with Crippen molar-refractivity contribution >= 4 is 27.6 Å². The Labute approximate surface area is 138 Å². The molecule has 7 nitrogen and oxygen atoms in total. The van der Waals surface area contributed by atoms with E-state index in [9.17, 15) is 23.3 Å². The lowest BCUT2D eigenvalue weighted by atomic mass is 10.0. The van der Waals surface area contributed by atoms with E-state index < -0.39 is 20.7 Å². The largest absolute Gasteiger partial charge is 0.289 e.